The smallest absolute Gasteiger partial charge is 0.370 e. The third-order valence-electron chi connectivity index (χ3n) is 2.60. The van der Waals surface area contributed by atoms with E-state index in [1.54, 1.807) is 24.4 Å². The minimum absolute atomic E-state index is 0.383. The van der Waals surface area contributed by atoms with Gasteiger partial charge in [0.15, 0.2) is 0 Å². The molecule has 0 amide bonds. The zero-order valence-corrected chi connectivity index (χ0v) is 10.8. The zero-order valence-electron chi connectivity index (χ0n) is 10.8. The van der Waals surface area contributed by atoms with E-state index < -0.39 is 11.7 Å². The van der Waals surface area contributed by atoms with Crippen molar-refractivity contribution in [1.82, 2.24) is 4.98 Å². The van der Waals surface area contributed by atoms with E-state index in [4.69, 9.17) is 0 Å². The molecule has 3 nitrogen and oxygen atoms in total. The molecule has 2 N–H and O–H groups in total. The molecular formula is C14H14F3N3. The van der Waals surface area contributed by atoms with Crippen LogP contribution in [-0.4, -0.2) is 11.5 Å². The number of hydrogen-bond donors (Lipinski definition) is 2. The number of aromatic nitrogens is 1. The van der Waals surface area contributed by atoms with E-state index in [9.17, 15) is 13.2 Å². The fourth-order valence-electron chi connectivity index (χ4n) is 1.73. The first kappa shape index (κ1) is 14.2. The van der Waals surface area contributed by atoms with Gasteiger partial charge in [0.2, 0.25) is 0 Å². The Labute approximate surface area is 114 Å². The van der Waals surface area contributed by atoms with Gasteiger partial charge in [0.05, 0.1) is 5.56 Å². The Kier molecular flexibility index (Phi) is 4.12. The lowest BCUT2D eigenvalue weighted by molar-refractivity contribution is -0.137. The summed E-state index contributed by atoms with van der Waals surface area (Å²) in [6.45, 7) is 2.66. The number of rotatable bonds is 4. The minimum Gasteiger partial charge on any atom is -0.370 e. The van der Waals surface area contributed by atoms with Crippen LogP contribution in [0.2, 0.25) is 0 Å². The highest BCUT2D eigenvalue weighted by atomic mass is 19.4. The number of halogens is 3. The van der Waals surface area contributed by atoms with E-state index in [1.807, 2.05) is 6.92 Å². The van der Waals surface area contributed by atoms with Crippen molar-refractivity contribution in [3.8, 4) is 0 Å². The number of benzene rings is 1. The van der Waals surface area contributed by atoms with Crippen LogP contribution in [0, 0.1) is 0 Å². The number of pyridine rings is 1. The highest BCUT2D eigenvalue weighted by Crippen LogP contribution is 2.31. The standard InChI is InChI=1S/C14H14F3N3/c1-2-18-13-9-12(6-7-19-13)20-11-5-3-4-10(8-11)14(15,16)17/h3-9H,2H2,1H3,(H2,18,19,20). The number of anilines is 3. The largest absolute Gasteiger partial charge is 0.416 e. The summed E-state index contributed by atoms with van der Waals surface area (Å²) in [4.78, 5) is 4.10. The lowest BCUT2D eigenvalue weighted by atomic mass is 10.2. The molecule has 0 unspecified atom stereocenters. The van der Waals surface area contributed by atoms with Crippen LogP contribution in [0.3, 0.4) is 0 Å². The fourth-order valence-corrected chi connectivity index (χ4v) is 1.73. The van der Waals surface area contributed by atoms with E-state index in [2.05, 4.69) is 15.6 Å². The molecule has 0 saturated heterocycles. The lowest BCUT2D eigenvalue weighted by Crippen LogP contribution is -2.05. The second-order valence-corrected chi connectivity index (χ2v) is 4.16. The lowest BCUT2D eigenvalue weighted by Gasteiger charge is -2.11. The summed E-state index contributed by atoms with van der Waals surface area (Å²) in [7, 11) is 0. The molecule has 0 saturated carbocycles. The maximum atomic E-state index is 12.6. The molecule has 0 aliphatic heterocycles. The first-order valence-corrected chi connectivity index (χ1v) is 6.13. The van der Waals surface area contributed by atoms with E-state index in [-0.39, 0.29) is 0 Å². The summed E-state index contributed by atoms with van der Waals surface area (Å²) in [5.41, 5.74) is 0.382. The van der Waals surface area contributed by atoms with Gasteiger partial charge in [-0.05, 0) is 31.2 Å². The van der Waals surface area contributed by atoms with Gasteiger partial charge in [-0.3, -0.25) is 0 Å². The SMILES string of the molecule is CCNc1cc(Nc2cccc(C(F)(F)F)c2)ccn1. The van der Waals surface area contributed by atoms with Crippen molar-refractivity contribution in [3.63, 3.8) is 0 Å². The molecule has 0 bridgehead atoms. The number of nitrogens with zero attached hydrogens (tertiary/aromatic N) is 1. The fraction of sp³-hybridized carbons (Fsp3) is 0.214. The van der Waals surface area contributed by atoms with Gasteiger partial charge in [0, 0.05) is 30.2 Å². The van der Waals surface area contributed by atoms with E-state index >= 15 is 0 Å². The Hall–Kier alpha value is -2.24. The van der Waals surface area contributed by atoms with Gasteiger partial charge in [-0.1, -0.05) is 6.07 Å². The Balaban J connectivity index is 2.19. The molecule has 0 fully saturated rings. The van der Waals surface area contributed by atoms with Crippen LogP contribution in [0.4, 0.5) is 30.4 Å². The highest BCUT2D eigenvalue weighted by molar-refractivity contribution is 5.63. The van der Waals surface area contributed by atoms with Crippen molar-refractivity contribution in [2.45, 2.75) is 13.1 Å². The van der Waals surface area contributed by atoms with Crippen LogP contribution >= 0.6 is 0 Å². The minimum atomic E-state index is -4.34. The van der Waals surface area contributed by atoms with Gasteiger partial charge in [-0.25, -0.2) is 4.98 Å². The van der Waals surface area contributed by atoms with E-state index in [1.165, 1.54) is 6.07 Å². The second kappa shape index (κ2) is 5.81. The quantitative estimate of drug-likeness (QED) is 0.878. The van der Waals surface area contributed by atoms with Crippen LogP contribution in [0.1, 0.15) is 12.5 Å². The maximum Gasteiger partial charge on any atom is 0.416 e. The molecular weight excluding hydrogens is 267 g/mol. The van der Waals surface area contributed by atoms with Gasteiger partial charge >= 0.3 is 6.18 Å². The maximum absolute atomic E-state index is 12.6. The molecule has 0 radical (unpaired) electrons. The van der Waals surface area contributed by atoms with Gasteiger partial charge in [-0.2, -0.15) is 13.2 Å². The summed E-state index contributed by atoms with van der Waals surface area (Å²) in [5.74, 6) is 0.671. The Morgan fingerprint density at radius 1 is 1.10 bits per heavy atom. The van der Waals surface area contributed by atoms with Crippen molar-refractivity contribution in [2.24, 2.45) is 0 Å². The molecule has 2 rings (SSSR count). The zero-order chi connectivity index (χ0) is 14.6. The van der Waals surface area contributed by atoms with Gasteiger partial charge < -0.3 is 10.6 Å². The van der Waals surface area contributed by atoms with Crippen molar-refractivity contribution in [1.29, 1.82) is 0 Å². The topological polar surface area (TPSA) is 37.0 Å². The third kappa shape index (κ3) is 3.63. The average Bonchev–Trinajstić information content (AvgIpc) is 2.39. The van der Waals surface area contributed by atoms with Gasteiger partial charge in [0.25, 0.3) is 0 Å². The average molecular weight is 281 g/mol. The molecule has 2 aromatic rings. The Morgan fingerprint density at radius 2 is 1.85 bits per heavy atom. The predicted octanol–water partition coefficient (Wildman–Crippen LogP) is 4.28. The molecule has 0 spiro atoms. The molecule has 1 heterocycles. The second-order valence-electron chi connectivity index (χ2n) is 4.16. The predicted molar refractivity (Wildman–Crippen MR) is 73.1 cm³/mol. The normalized spacial score (nSPS) is 11.2. The summed E-state index contributed by atoms with van der Waals surface area (Å²) >= 11 is 0. The molecule has 1 aromatic heterocycles. The third-order valence-corrected chi connectivity index (χ3v) is 2.60. The van der Waals surface area contributed by atoms with Crippen LogP contribution < -0.4 is 10.6 Å². The van der Waals surface area contributed by atoms with Crippen LogP contribution in [0.25, 0.3) is 0 Å². The van der Waals surface area contributed by atoms with Crippen molar-refractivity contribution in [3.05, 3.63) is 48.2 Å². The molecule has 106 valence electrons. The summed E-state index contributed by atoms with van der Waals surface area (Å²) in [5, 5.41) is 5.97. The molecule has 0 aliphatic carbocycles. The Bertz CT molecular complexity index is 582. The summed E-state index contributed by atoms with van der Waals surface area (Å²) in [6.07, 6.45) is -2.75. The molecule has 0 atom stereocenters. The van der Waals surface area contributed by atoms with Gasteiger partial charge in [0.1, 0.15) is 5.82 Å². The van der Waals surface area contributed by atoms with Crippen molar-refractivity contribution >= 4 is 17.2 Å². The van der Waals surface area contributed by atoms with Gasteiger partial charge in [-0.15, -0.1) is 0 Å². The van der Waals surface area contributed by atoms with E-state index in [0.29, 0.717) is 17.2 Å². The van der Waals surface area contributed by atoms with Crippen LogP contribution in [-0.2, 0) is 6.18 Å². The van der Waals surface area contributed by atoms with Crippen LogP contribution in [0.15, 0.2) is 42.6 Å². The van der Waals surface area contributed by atoms with Crippen LogP contribution in [0.5, 0.6) is 0 Å². The first-order valence-electron chi connectivity index (χ1n) is 6.13. The van der Waals surface area contributed by atoms with Crippen molar-refractivity contribution < 1.29 is 13.2 Å². The number of hydrogen-bond acceptors (Lipinski definition) is 3. The first-order chi connectivity index (χ1) is 9.49. The molecule has 0 aliphatic rings. The molecule has 20 heavy (non-hydrogen) atoms. The van der Waals surface area contributed by atoms with E-state index in [0.717, 1.165) is 18.7 Å². The molecule has 6 heteroatoms. The highest BCUT2D eigenvalue weighted by Gasteiger charge is 2.30. The number of nitrogens with one attached hydrogen (secondary N) is 2. The van der Waals surface area contributed by atoms with Crippen molar-refractivity contribution in [2.75, 3.05) is 17.2 Å². The number of alkyl halides is 3. The Morgan fingerprint density at radius 3 is 2.55 bits per heavy atom. The molecule has 1 aromatic carbocycles. The summed E-state index contributed by atoms with van der Waals surface area (Å²) < 4.78 is 37.9. The summed E-state index contributed by atoms with van der Waals surface area (Å²) in [6, 6.07) is 8.51. The monoisotopic (exact) mass is 281 g/mol.